The molecular weight excluding hydrogens is 336 g/mol. The Kier molecular flexibility index (Phi) is 4.72. The summed E-state index contributed by atoms with van der Waals surface area (Å²) in [5.41, 5.74) is 8.53. The van der Waals surface area contributed by atoms with Crippen LogP contribution in [0.25, 0.3) is 21.8 Å². The van der Waals surface area contributed by atoms with Gasteiger partial charge in [0.15, 0.2) is 11.5 Å². The summed E-state index contributed by atoms with van der Waals surface area (Å²) in [6, 6.07) is 12.9. The average Bonchev–Trinajstić information content (AvgIpc) is 3.03. The van der Waals surface area contributed by atoms with E-state index in [0.29, 0.717) is 17.1 Å². The first kappa shape index (κ1) is 17.0. The summed E-state index contributed by atoms with van der Waals surface area (Å²) < 4.78 is 10.7. The number of nitrogens with two attached hydrogens (primary N) is 1. The number of hydrogen-bond acceptors (Lipinski definition) is 5. The van der Waals surface area contributed by atoms with Crippen molar-refractivity contribution in [2.24, 2.45) is 5.73 Å². The summed E-state index contributed by atoms with van der Waals surface area (Å²) in [5.74, 6) is 0.883. The number of carbonyl (C=O) groups is 1. The van der Waals surface area contributed by atoms with Crippen molar-refractivity contribution in [2.45, 2.75) is 6.92 Å². The summed E-state index contributed by atoms with van der Waals surface area (Å²) in [4.78, 5) is 17.2. The predicted octanol–water partition coefficient (Wildman–Crippen LogP) is 3.90. The molecule has 0 saturated heterocycles. The van der Waals surface area contributed by atoms with Crippen LogP contribution < -0.4 is 15.2 Å². The zero-order valence-electron chi connectivity index (χ0n) is 14.2. The Bertz CT molecular complexity index is 934. The molecule has 0 aliphatic heterocycles. The second-order valence-corrected chi connectivity index (χ2v) is 6.64. The molecule has 25 heavy (non-hydrogen) atoms. The molecule has 0 unspecified atom stereocenters. The molecule has 3 rings (SSSR count). The number of ether oxygens (including phenoxy) is 2. The van der Waals surface area contributed by atoms with Crippen molar-refractivity contribution in [3.8, 4) is 33.3 Å². The molecule has 1 aromatic heterocycles. The number of aryl methyl sites for hydroxylation is 1. The Morgan fingerprint density at radius 3 is 2.48 bits per heavy atom. The van der Waals surface area contributed by atoms with E-state index >= 15 is 0 Å². The fourth-order valence-electron chi connectivity index (χ4n) is 2.58. The number of benzene rings is 2. The molecule has 0 radical (unpaired) electrons. The van der Waals surface area contributed by atoms with Crippen molar-refractivity contribution in [2.75, 3.05) is 14.2 Å². The third-order valence-electron chi connectivity index (χ3n) is 3.85. The van der Waals surface area contributed by atoms with Crippen molar-refractivity contribution >= 4 is 17.2 Å². The minimum absolute atomic E-state index is 0.449. The molecule has 0 aliphatic carbocycles. The Hall–Kier alpha value is -2.86. The van der Waals surface area contributed by atoms with Crippen LogP contribution in [0.4, 0.5) is 0 Å². The lowest BCUT2D eigenvalue weighted by Crippen LogP contribution is -2.10. The van der Waals surface area contributed by atoms with Crippen molar-refractivity contribution in [3.63, 3.8) is 0 Å². The zero-order valence-corrected chi connectivity index (χ0v) is 15.0. The number of primary amides is 1. The van der Waals surface area contributed by atoms with Gasteiger partial charge in [0.2, 0.25) is 5.91 Å². The first-order valence-electron chi connectivity index (χ1n) is 7.63. The van der Waals surface area contributed by atoms with E-state index in [1.807, 2.05) is 37.3 Å². The van der Waals surface area contributed by atoms with Crippen LogP contribution in [0.3, 0.4) is 0 Å². The van der Waals surface area contributed by atoms with Gasteiger partial charge in [0.1, 0.15) is 5.01 Å². The highest BCUT2D eigenvalue weighted by molar-refractivity contribution is 7.15. The molecule has 0 fully saturated rings. The minimum Gasteiger partial charge on any atom is -0.493 e. The van der Waals surface area contributed by atoms with Gasteiger partial charge in [0.05, 0.1) is 19.9 Å². The van der Waals surface area contributed by atoms with E-state index < -0.39 is 5.91 Å². The molecule has 1 heterocycles. The van der Waals surface area contributed by atoms with E-state index in [0.717, 1.165) is 26.7 Å². The highest BCUT2D eigenvalue weighted by Crippen LogP contribution is 2.37. The molecule has 5 nitrogen and oxygen atoms in total. The number of carbonyl (C=O) groups excluding carboxylic acids is 1. The molecule has 2 N–H and O–H groups in total. The Labute approximate surface area is 150 Å². The monoisotopic (exact) mass is 354 g/mol. The summed E-state index contributed by atoms with van der Waals surface area (Å²) >= 11 is 1.57. The number of aromatic nitrogens is 1. The Morgan fingerprint density at radius 2 is 1.80 bits per heavy atom. The highest BCUT2D eigenvalue weighted by atomic mass is 32.1. The van der Waals surface area contributed by atoms with Crippen LogP contribution in [0.5, 0.6) is 11.5 Å². The van der Waals surface area contributed by atoms with Gasteiger partial charge in [-0.3, -0.25) is 4.79 Å². The normalized spacial score (nSPS) is 10.5. The highest BCUT2D eigenvalue weighted by Gasteiger charge is 2.14. The third kappa shape index (κ3) is 3.34. The maximum absolute atomic E-state index is 11.4. The number of rotatable bonds is 5. The van der Waals surface area contributed by atoms with Crippen LogP contribution >= 0.6 is 11.3 Å². The van der Waals surface area contributed by atoms with Gasteiger partial charge in [0.25, 0.3) is 0 Å². The van der Waals surface area contributed by atoms with E-state index in [1.54, 1.807) is 37.7 Å². The van der Waals surface area contributed by atoms with Crippen LogP contribution in [0, 0.1) is 6.92 Å². The Morgan fingerprint density at radius 1 is 1.04 bits per heavy atom. The smallest absolute Gasteiger partial charge is 0.248 e. The molecule has 0 aliphatic rings. The van der Waals surface area contributed by atoms with Gasteiger partial charge in [-0.2, -0.15) is 0 Å². The number of thiazole rings is 1. The standard InChI is InChI=1S/C19H18N2O3S/c1-11-17(12-7-8-15(23-2)16(10-12)24-3)21-19(25-11)14-6-4-5-13(9-14)18(20)22/h4-10H,1-3H3,(H2,20,22). The molecule has 2 aromatic carbocycles. The summed E-state index contributed by atoms with van der Waals surface area (Å²) in [5, 5.41) is 0.838. The van der Waals surface area contributed by atoms with Crippen LogP contribution in [-0.2, 0) is 0 Å². The molecule has 0 spiro atoms. The minimum atomic E-state index is -0.449. The molecule has 0 bridgehead atoms. The Balaban J connectivity index is 2.04. The second-order valence-electron chi connectivity index (χ2n) is 5.44. The molecule has 3 aromatic rings. The van der Waals surface area contributed by atoms with Crippen LogP contribution in [0.1, 0.15) is 15.2 Å². The third-order valence-corrected chi connectivity index (χ3v) is 4.87. The summed E-state index contributed by atoms with van der Waals surface area (Å²) in [6.45, 7) is 2.02. The van der Waals surface area contributed by atoms with Gasteiger partial charge in [-0.05, 0) is 37.3 Å². The molecule has 6 heteroatoms. The van der Waals surface area contributed by atoms with Crippen LogP contribution in [0.2, 0.25) is 0 Å². The molecule has 0 atom stereocenters. The van der Waals surface area contributed by atoms with E-state index in [1.165, 1.54) is 0 Å². The van der Waals surface area contributed by atoms with Crippen LogP contribution in [-0.4, -0.2) is 25.1 Å². The molecule has 0 saturated carbocycles. The van der Waals surface area contributed by atoms with E-state index in [2.05, 4.69) is 0 Å². The first-order chi connectivity index (χ1) is 12.0. The van der Waals surface area contributed by atoms with Crippen molar-refractivity contribution < 1.29 is 14.3 Å². The largest absolute Gasteiger partial charge is 0.493 e. The topological polar surface area (TPSA) is 74.4 Å². The fourth-order valence-corrected chi connectivity index (χ4v) is 3.51. The lowest BCUT2D eigenvalue weighted by Gasteiger charge is -2.08. The average molecular weight is 354 g/mol. The number of amides is 1. The molecular formula is C19H18N2O3S. The van der Waals surface area contributed by atoms with Gasteiger partial charge >= 0.3 is 0 Å². The van der Waals surface area contributed by atoms with Gasteiger partial charge in [-0.25, -0.2) is 4.98 Å². The van der Waals surface area contributed by atoms with Gasteiger partial charge in [-0.15, -0.1) is 11.3 Å². The number of hydrogen-bond donors (Lipinski definition) is 1. The summed E-state index contributed by atoms with van der Waals surface area (Å²) in [6.07, 6.45) is 0. The molecule has 1 amide bonds. The maximum Gasteiger partial charge on any atom is 0.248 e. The van der Waals surface area contributed by atoms with E-state index in [9.17, 15) is 4.79 Å². The predicted molar refractivity (Wildman–Crippen MR) is 99.3 cm³/mol. The number of methoxy groups -OCH3 is 2. The van der Waals surface area contributed by atoms with Crippen molar-refractivity contribution in [1.29, 1.82) is 0 Å². The fraction of sp³-hybridized carbons (Fsp3) is 0.158. The lowest BCUT2D eigenvalue weighted by molar-refractivity contribution is 0.100. The first-order valence-corrected chi connectivity index (χ1v) is 8.45. The zero-order chi connectivity index (χ0) is 18.0. The number of nitrogens with zero attached hydrogens (tertiary/aromatic N) is 1. The van der Waals surface area contributed by atoms with Gasteiger partial charge < -0.3 is 15.2 Å². The van der Waals surface area contributed by atoms with Crippen molar-refractivity contribution in [3.05, 3.63) is 52.9 Å². The SMILES string of the molecule is COc1ccc(-c2nc(-c3cccc(C(N)=O)c3)sc2C)cc1OC. The van der Waals surface area contributed by atoms with Gasteiger partial charge in [-0.1, -0.05) is 12.1 Å². The molecule has 128 valence electrons. The second kappa shape index (κ2) is 6.94. The maximum atomic E-state index is 11.4. The van der Waals surface area contributed by atoms with E-state index in [4.69, 9.17) is 20.2 Å². The van der Waals surface area contributed by atoms with Crippen LogP contribution in [0.15, 0.2) is 42.5 Å². The lowest BCUT2D eigenvalue weighted by atomic mass is 10.1. The quantitative estimate of drug-likeness (QED) is 0.754. The summed E-state index contributed by atoms with van der Waals surface area (Å²) in [7, 11) is 3.21. The van der Waals surface area contributed by atoms with E-state index in [-0.39, 0.29) is 0 Å². The van der Waals surface area contributed by atoms with Crippen molar-refractivity contribution in [1.82, 2.24) is 4.98 Å². The van der Waals surface area contributed by atoms with Gasteiger partial charge in [0, 0.05) is 21.6 Å².